The molecule has 0 fully saturated rings. The lowest BCUT2D eigenvalue weighted by molar-refractivity contribution is 0.686. The zero-order valence-electron chi connectivity index (χ0n) is 10.2. The van der Waals surface area contributed by atoms with E-state index in [4.69, 9.17) is 23.2 Å². The lowest BCUT2D eigenvalue weighted by Crippen LogP contribution is -1.96. The van der Waals surface area contributed by atoms with E-state index in [-0.39, 0.29) is 0 Å². The molecule has 0 aromatic heterocycles. The summed E-state index contributed by atoms with van der Waals surface area (Å²) in [5, 5.41) is 1.67. The molecule has 1 aliphatic rings. The van der Waals surface area contributed by atoms with Crippen molar-refractivity contribution in [3.05, 3.63) is 69.2 Å². The van der Waals surface area contributed by atoms with E-state index >= 15 is 0 Å². The smallest absolute Gasteiger partial charge is 0.0447 e. The van der Waals surface area contributed by atoms with E-state index in [1.807, 2.05) is 24.3 Å². The van der Waals surface area contributed by atoms with Gasteiger partial charge < -0.3 is 0 Å². The molecular formula is C16H14Cl2. The van der Waals surface area contributed by atoms with Crippen LogP contribution in [0.1, 0.15) is 41.9 Å². The highest BCUT2D eigenvalue weighted by Crippen LogP contribution is 2.48. The van der Waals surface area contributed by atoms with Crippen LogP contribution in [0.2, 0.25) is 10.0 Å². The van der Waals surface area contributed by atoms with E-state index in [0.717, 1.165) is 16.5 Å². The van der Waals surface area contributed by atoms with Gasteiger partial charge in [0.05, 0.1) is 0 Å². The van der Waals surface area contributed by atoms with Crippen LogP contribution in [0.15, 0.2) is 42.5 Å². The molecule has 0 aliphatic heterocycles. The Kier molecular flexibility index (Phi) is 3.09. The van der Waals surface area contributed by atoms with Gasteiger partial charge in [-0.3, -0.25) is 0 Å². The van der Waals surface area contributed by atoms with Crippen LogP contribution < -0.4 is 0 Å². The topological polar surface area (TPSA) is 0 Å². The van der Waals surface area contributed by atoms with Crippen molar-refractivity contribution in [1.82, 2.24) is 0 Å². The summed E-state index contributed by atoms with van der Waals surface area (Å²) in [4.78, 5) is 0. The Balaban J connectivity index is 2.13. The van der Waals surface area contributed by atoms with Crippen LogP contribution in [-0.2, 0) is 0 Å². The summed E-state index contributed by atoms with van der Waals surface area (Å²) in [7, 11) is 0. The molecule has 2 atom stereocenters. The Hall–Kier alpha value is -0.980. The first kappa shape index (κ1) is 12.1. The van der Waals surface area contributed by atoms with Gasteiger partial charge in [-0.25, -0.2) is 0 Å². The maximum absolute atomic E-state index is 6.39. The molecule has 0 saturated heterocycles. The van der Waals surface area contributed by atoms with Gasteiger partial charge in [0.25, 0.3) is 0 Å². The van der Waals surface area contributed by atoms with Gasteiger partial charge in [-0.2, -0.15) is 0 Å². The first-order valence-electron chi connectivity index (χ1n) is 6.20. The van der Waals surface area contributed by atoms with E-state index in [9.17, 15) is 0 Å². The molecule has 0 N–H and O–H groups in total. The molecule has 0 saturated carbocycles. The van der Waals surface area contributed by atoms with Gasteiger partial charge in [0.1, 0.15) is 0 Å². The second-order valence-electron chi connectivity index (χ2n) is 4.99. The number of hydrogen-bond donors (Lipinski definition) is 0. The molecule has 2 aromatic rings. The van der Waals surface area contributed by atoms with Crippen LogP contribution in [0.25, 0.3) is 0 Å². The molecular weight excluding hydrogens is 263 g/mol. The fourth-order valence-corrected chi connectivity index (χ4v) is 3.49. The van der Waals surface area contributed by atoms with Gasteiger partial charge in [0.2, 0.25) is 0 Å². The van der Waals surface area contributed by atoms with Crippen LogP contribution in [0.5, 0.6) is 0 Å². The van der Waals surface area contributed by atoms with Crippen LogP contribution in [-0.4, -0.2) is 0 Å². The second kappa shape index (κ2) is 4.60. The predicted octanol–water partition coefficient (Wildman–Crippen LogP) is 5.63. The lowest BCUT2D eigenvalue weighted by Gasteiger charge is -2.13. The SMILES string of the molecule is CC1CC(c2cccc(Cl)c2)c2c(Cl)cccc21. The molecule has 0 amide bonds. The van der Waals surface area contributed by atoms with E-state index in [0.29, 0.717) is 11.8 Å². The molecule has 3 rings (SSSR count). The zero-order valence-corrected chi connectivity index (χ0v) is 11.7. The fourth-order valence-electron chi connectivity index (χ4n) is 2.98. The van der Waals surface area contributed by atoms with Crippen LogP contribution in [0, 0.1) is 0 Å². The molecule has 92 valence electrons. The summed E-state index contributed by atoms with van der Waals surface area (Å²) in [5.41, 5.74) is 3.93. The molecule has 1 aliphatic carbocycles. The average molecular weight is 277 g/mol. The van der Waals surface area contributed by atoms with Crippen molar-refractivity contribution in [2.24, 2.45) is 0 Å². The first-order valence-corrected chi connectivity index (χ1v) is 6.96. The summed E-state index contributed by atoms with van der Waals surface area (Å²) in [6, 6.07) is 14.3. The Morgan fingerprint density at radius 3 is 2.61 bits per heavy atom. The summed E-state index contributed by atoms with van der Waals surface area (Å²) in [6.07, 6.45) is 1.11. The summed E-state index contributed by atoms with van der Waals surface area (Å²) < 4.78 is 0. The molecule has 0 nitrogen and oxygen atoms in total. The number of rotatable bonds is 1. The Bertz CT molecular complexity index is 589. The van der Waals surface area contributed by atoms with E-state index in [1.54, 1.807) is 0 Å². The maximum Gasteiger partial charge on any atom is 0.0447 e. The molecule has 2 aromatic carbocycles. The molecule has 18 heavy (non-hydrogen) atoms. The highest BCUT2D eigenvalue weighted by atomic mass is 35.5. The van der Waals surface area contributed by atoms with Crippen molar-refractivity contribution in [2.75, 3.05) is 0 Å². The Morgan fingerprint density at radius 2 is 1.83 bits per heavy atom. The predicted molar refractivity (Wildman–Crippen MR) is 77.8 cm³/mol. The van der Waals surface area contributed by atoms with Crippen LogP contribution in [0.4, 0.5) is 0 Å². The van der Waals surface area contributed by atoms with Crippen LogP contribution in [0.3, 0.4) is 0 Å². The Morgan fingerprint density at radius 1 is 1.06 bits per heavy atom. The lowest BCUT2D eigenvalue weighted by atomic mass is 9.93. The van der Waals surface area contributed by atoms with E-state index in [2.05, 4.69) is 25.1 Å². The third kappa shape index (κ3) is 1.94. The minimum atomic E-state index is 0.377. The highest BCUT2D eigenvalue weighted by Gasteiger charge is 2.31. The molecule has 2 heteroatoms. The van der Waals surface area contributed by atoms with E-state index < -0.39 is 0 Å². The molecule has 0 heterocycles. The quantitative estimate of drug-likeness (QED) is 0.633. The molecule has 2 unspecified atom stereocenters. The zero-order chi connectivity index (χ0) is 12.7. The van der Waals surface area contributed by atoms with Crippen molar-refractivity contribution in [3.8, 4) is 0 Å². The number of halogens is 2. The normalized spacial score (nSPS) is 21.9. The second-order valence-corrected chi connectivity index (χ2v) is 5.83. The molecule has 0 bridgehead atoms. The van der Waals surface area contributed by atoms with E-state index in [1.165, 1.54) is 16.7 Å². The van der Waals surface area contributed by atoms with Crippen molar-refractivity contribution in [3.63, 3.8) is 0 Å². The van der Waals surface area contributed by atoms with Gasteiger partial charge in [-0.05, 0) is 47.2 Å². The van der Waals surface area contributed by atoms with Gasteiger partial charge in [-0.15, -0.1) is 0 Å². The maximum atomic E-state index is 6.39. The monoisotopic (exact) mass is 276 g/mol. The Labute approximate surface area is 118 Å². The van der Waals surface area contributed by atoms with Crippen molar-refractivity contribution < 1.29 is 0 Å². The third-order valence-electron chi connectivity index (χ3n) is 3.81. The minimum absolute atomic E-state index is 0.377. The van der Waals surface area contributed by atoms with Gasteiger partial charge in [-0.1, -0.05) is 54.4 Å². The fraction of sp³-hybridized carbons (Fsp3) is 0.250. The van der Waals surface area contributed by atoms with Gasteiger partial charge in [0, 0.05) is 16.0 Å². The number of fused-ring (bicyclic) bond motifs is 1. The summed E-state index contributed by atoms with van der Waals surface area (Å²) in [6.45, 7) is 2.26. The van der Waals surface area contributed by atoms with Gasteiger partial charge >= 0.3 is 0 Å². The van der Waals surface area contributed by atoms with Gasteiger partial charge in [0.15, 0.2) is 0 Å². The van der Waals surface area contributed by atoms with Crippen molar-refractivity contribution in [2.45, 2.75) is 25.2 Å². The number of hydrogen-bond acceptors (Lipinski definition) is 0. The third-order valence-corrected chi connectivity index (χ3v) is 4.37. The molecule has 0 radical (unpaired) electrons. The van der Waals surface area contributed by atoms with Crippen LogP contribution >= 0.6 is 23.2 Å². The standard InChI is InChI=1S/C16H14Cl2/c1-10-8-14(11-4-2-5-12(17)9-11)16-13(10)6-3-7-15(16)18/h2-7,9-10,14H,8H2,1H3. The average Bonchev–Trinajstić information content (AvgIpc) is 2.69. The summed E-state index contributed by atoms with van der Waals surface area (Å²) >= 11 is 12.5. The van der Waals surface area contributed by atoms with Crippen molar-refractivity contribution in [1.29, 1.82) is 0 Å². The van der Waals surface area contributed by atoms with Crippen molar-refractivity contribution >= 4 is 23.2 Å². The minimum Gasteiger partial charge on any atom is -0.0843 e. The highest BCUT2D eigenvalue weighted by molar-refractivity contribution is 6.31. The first-order chi connectivity index (χ1) is 8.66. The number of benzene rings is 2. The largest absolute Gasteiger partial charge is 0.0843 e. The molecule has 0 spiro atoms. The summed E-state index contributed by atoms with van der Waals surface area (Å²) in [5.74, 6) is 0.935.